The molecule has 210 valence electrons. The average Bonchev–Trinajstić information content (AvgIpc) is 3.20. The molecule has 8 heteroatoms. The smallest absolute Gasteiger partial charge is 0.296 e. The van der Waals surface area contributed by atoms with Crippen molar-refractivity contribution >= 4 is 10.1 Å². The number of rotatable bonds is 10. The largest absolute Gasteiger partial charge is 0.353 e. The second kappa shape index (κ2) is 10.5. The van der Waals surface area contributed by atoms with Crippen LogP contribution in [0.2, 0.25) is 0 Å². The molecule has 0 amide bonds. The van der Waals surface area contributed by atoms with Crippen LogP contribution < -0.4 is 0 Å². The molecule has 0 saturated heterocycles. The van der Waals surface area contributed by atoms with Gasteiger partial charge in [0.05, 0.1) is 11.5 Å². The van der Waals surface area contributed by atoms with E-state index in [1.54, 1.807) is 52.7 Å². The molecule has 1 aromatic rings. The van der Waals surface area contributed by atoms with Crippen molar-refractivity contribution in [3.63, 3.8) is 0 Å². The summed E-state index contributed by atoms with van der Waals surface area (Å²) in [6.45, 7) is 6.69. The Bertz CT molecular complexity index is 1030. The molecule has 3 fully saturated rings. The highest BCUT2D eigenvalue weighted by atomic mass is 32.2. The number of ether oxygens (including phenoxy) is 4. The third-order valence-corrected chi connectivity index (χ3v) is 12.0. The fraction of sp³-hybridized carbons (Fsp3) is 0.793. The zero-order chi connectivity index (χ0) is 27.1. The highest BCUT2D eigenvalue weighted by Crippen LogP contribution is 2.69. The Kier molecular flexibility index (Phi) is 8.23. The van der Waals surface area contributed by atoms with E-state index in [-0.39, 0.29) is 22.3 Å². The Morgan fingerprint density at radius 1 is 0.811 bits per heavy atom. The molecule has 0 aromatic heterocycles. The van der Waals surface area contributed by atoms with Gasteiger partial charge in [-0.1, -0.05) is 31.5 Å². The minimum atomic E-state index is -3.79. The first-order chi connectivity index (χ1) is 17.5. The van der Waals surface area contributed by atoms with Crippen LogP contribution in [0.3, 0.4) is 0 Å². The Labute approximate surface area is 223 Å². The lowest BCUT2D eigenvalue weighted by molar-refractivity contribution is -0.330. The van der Waals surface area contributed by atoms with Crippen molar-refractivity contribution in [1.29, 1.82) is 0 Å². The quantitative estimate of drug-likeness (QED) is 0.215. The number of fused-ring (bicyclic) bond motifs is 3. The topological polar surface area (TPSA) is 80.3 Å². The van der Waals surface area contributed by atoms with Gasteiger partial charge < -0.3 is 18.9 Å². The van der Waals surface area contributed by atoms with Crippen LogP contribution >= 0.6 is 0 Å². The minimum Gasteiger partial charge on any atom is -0.353 e. The van der Waals surface area contributed by atoms with Crippen LogP contribution in [0.25, 0.3) is 0 Å². The van der Waals surface area contributed by atoms with E-state index in [1.807, 2.05) is 6.92 Å². The SMILES string of the molecule is COC1(OC)CC[C@H]2[C@@H]3CCC(OC)(OC)[C@](C)(CCCOS(=O)(=O)c4ccc(C)cc4)[C@H]3CC[C@@]21C. The second-order valence-electron chi connectivity index (χ2n) is 11.8. The first-order valence-corrected chi connectivity index (χ1v) is 15.1. The lowest BCUT2D eigenvalue weighted by Gasteiger charge is -2.62. The van der Waals surface area contributed by atoms with Crippen LogP contribution in [0.15, 0.2) is 29.2 Å². The van der Waals surface area contributed by atoms with E-state index in [0.29, 0.717) is 24.2 Å². The number of aryl methyl sites for hydroxylation is 1. The van der Waals surface area contributed by atoms with E-state index in [4.69, 9.17) is 23.1 Å². The van der Waals surface area contributed by atoms with Gasteiger partial charge in [0.2, 0.25) is 0 Å². The third kappa shape index (κ3) is 4.49. The van der Waals surface area contributed by atoms with Gasteiger partial charge in [0.15, 0.2) is 11.6 Å². The first kappa shape index (κ1) is 29.0. The van der Waals surface area contributed by atoms with Crippen LogP contribution in [0, 0.1) is 35.5 Å². The minimum absolute atomic E-state index is 0.0378. The summed E-state index contributed by atoms with van der Waals surface area (Å²) < 4.78 is 55.3. The summed E-state index contributed by atoms with van der Waals surface area (Å²) in [6.07, 6.45) is 7.22. The molecule has 0 bridgehead atoms. The number of hydrogen-bond acceptors (Lipinski definition) is 7. The molecule has 3 aliphatic carbocycles. The monoisotopic (exact) mass is 538 g/mol. The van der Waals surface area contributed by atoms with Gasteiger partial charge in [0, 0.05) is 52.1 Å². The Morgan fingerprint density at radius 3 is 1.97 bits per heavy atom. The van der Waals surface area contributed by atoms with E-state index in [9.17, 15) is 8.42 Å². The van der Waals surface area contributed by atoms with E-state index < -0.39 is 21.7 Å². The van der Waals surface area contributed by atoms with Gasteiger partial charge in [-0.15, -0.1) is 0 Å². The van der Waals surface area contributed by atoms with Crippen LogP contribution in [0.1, 0.15) is 70.8 Å². The maximum atomic E-state index is 12.7. The molecule has 3 saturated carbocycles. The first-order valence-electron chi connectivity index (χ1n) is 13.6. The Morgan fingerprint density at radius 2 is 1.38 bits per heavy atom. The van der Waals surface area contributed by atoms with Crippen LogP contribution in [0.4, 0.5) is 0 Å². The maximum absolute atomic E-state index is 12.7. The van der Waals surface area contributed by atoms with E-state index in [1.165, 1.54) is 0 Å². The van der Waals surface area contributed by atoms with Crippen molar-refractivity contribution in [3.05, 3.63) is 29.8 Å². The molecule has 0 heterocycles. The van der Waals surface area contributed by atoms with Crippen molar-refractivity contribution in [2.45, 2.75) is 88.6 Å². The molecular weight excluding hydrogens is 492 g/mol. The summed E-state index contributed by atoms with van der Waals surface area (Å²) in [6, 6.07) is 6.76. The van der Waals surface area contributed by atoms with Crippen molar-refractivity contribution < 1.29 is 31.5 Å². The number of methoxy groups -OCH3 is 4. The summed E-state index contributed by atoms with van der Waals surface area (Å²) in [5.74, 6) is 0.142. The zero-order valence-electron chi connectivity index (χ0n) is 23.7. The standard InChI is InChI=1S/C29H46O7S/c1-21-9-11-22(12-10-21)37(30,31)36-20-8-16-26(2)24-14-17-27(3)25(15-19-29(27,34-6)35-7)23(24)13-18-28(26,32-4)33-5/h9-12,23-25H,8,13-20H2,1-7H3/t23-,24+,25+,26-,27+/m1/s1. The molecule has 3 aliphatic rings. The van der Waals surface area contributed by atoms with E-state index in [0.717, 1.165) is 50.5 Å². The molecular formula is C29H46O7S. The highest BCUT2D eigenvalue weighted by molar-refractivity contribution is 7.86. The molecule has 5 atom stereocenters. The molecule has 0 unspecified atom stereocenters. The molecule has 37 heavy (non-hydrogen) atoms. The summed E-state index contributed by atoms with van der Waals surface area (Å²) in [7, 11) is 3.24. The Hall–Kier alpha value is -1.03. The highest BCUT2D eigenvalue weighted by Gasteiger charge is 2.68. The van der Waals surface area contributed by atoms with Crippen LogP contribution in [-0.2, 0) is 33.2 Å². The second-order valence-corrected chi connectivity index (χ2v) is 13.5. The van der Waals surface area contributed by atoms with Crippen molar-refractivity contribution in [1.82, 2.24) is 0 Å². The molecule has 4 rings (SSSR count). The van der Waals surface area contributed by atoms with E-state index >= 15 is 0 Å². The van der Waals surface area contributed by atoms with Crippen LogP contribution in [-0.4, -0.2) is 55.0 Å². The predicted molar refractivity (Wildman–Crippen MR) is 141 cm³/mol. The van der Waals surface area contributed by atoms with Gasteiger partial charge in [-0.3, -0.25) is 4.18 Å². The van der Waals surface area contributed by atoms with Crippen molar-refractivity contribution in [2.24, 2.45) is 28.6 Å². The maximum Gasteiger partial charge on any atom is 0.296 e. The van der Waals surface area contributed by atoms with Gasteiger partial charge in [-0.25, -0.2) is 0 Å². The van der Waals surface area contributed by atoms with Crippen molar-refractivity contribution in [2.75, 3.05) is 35.0 Å². The normalized spacial score (nSPS) is 34.6. The summed E-state index contributed by atoms with van der Waals surface area (Å²) in [5, 5.41) is 0. The zero-order valence-corrected chi connectivity index (χ0v) is 24.5. The molecule has 0 N–H and O–H groups in total. The lowest BCUT2D eigenvalue weighted by atomic mass is 9.47. The summed E-state index contributed by atoms with van der Waals surface area (Å²) >= 11 is 0. The fourth-order valence-corrected chi connectivity index (χ4v) is 9.57. The number of benzene rings is 1. The molecule has 7 nitrogen and oxygen atoms in total. The van der Waals surface area contributed by atoms with E-state index in [2.05, 4.69) is 13.8 Å². The van der Waals surface area contributed by atoms with Crippen LogP contribution in [0.5, 0.6) is 0 Å². The summed E-state index contributed by atoms with van der Waals surface area (Å²) in [4.78, 5) is 0.192. The Balaban J connectivity index is 1.53. The average molecular weight is 539 g/mol. The lowest BCUT2D eigenvalue weighted by Crippen LogP contribution is -2.63. The van der Waals surface area contributed by atoms with Gasteiger partial charge in [0.1, 0.15) is 0 Å². The summed E-state index contributed by atoms with van der Waals surface area (Å²) in [5.41, 5.74) is 0.681. The molecule has 1 aromatic carbocycles. The van der Waals surface area contributed by atoms with Crippen molar-refractivity contribution in [3.8, 4) is 0 Å². The van der Waals surface area contributed by atoms with Gasteiger partial charge in [-0.2, -0.15) is 8.42 Å². The number of hydrogen-bond donors (Lipinski definition) is 0. The molecule has 0 aliphatic heterocycles. The molecule has 0 spiro atoms. The molecule has 0 radical (unpaired) electrons. The van der Waals surface area contributed by atoms with Gasteiger partial charge in [0.25, 0.3) is 10.1 Å². The van der Waals surface area contributed by atoms with Gasteiger partial charge in [-0.05, 0) is 75.3 Å². The predicted octanol–water partition coefficient (Wildman–Crippen LogP) is 5.70. The fourth-order valence-electron chi connectivity index (χ4n) is 8.63. The third-order valence-electron chi connectivity index (χ3n) is 10.7. The van der Waals surface area contributed by atoms with Gasteiger partial charge >= 0.3 is 0 Å².